The summed E-state index contributed by atoms with van der Waals surface area (Å²) in [4.78, 5) is 15.5. The summed E-state index contributed by atoms with van der Waals surface area (Å²) in [5.41, 5.74) is 3.55. The summed E-state index contributed by atoms with van der Waals surface area (Å²) in [6.45, 7) is 6.31. The highest BCUT2D eigenvalue weighted by Gasteiger charge is 2.33. The van der Waals surface area contributed by atoms with E-state index in [0.29, 0.717) is 13.0 Å². The maximum absolute atomic E-state index is 12.6. The van der Waals surface area contributed by atoms with Gasteiger partial charge in [-0.25, -0.2) is 17.9 Å². The minimum absolute atomic E-state index is 0.0698. The lowest BCUT2D eigenvalue weighted by Gasteiger charge is -2.27. The second-order valence-electron chi connectivity index (χ2n) is 6.79. The van der Waals surface area contributed by atoms with E-state index in [-0.39, 0.29) is 16.3 Å². The molecule has 8 heteroatoms. The number of aryl methyl sites for hydroxylation is 1. The van der Waals surface area contributed by atoms with Crippen LogP contribution in [0.25, 0.3) is 0 Å². The average Bonchev–Trinajstić information content (AvgIpc) is 3.07. The Kier molecular flexibility index (Phi) is 6.54. The first-order valence-electron chi connectivity index (χ1n) is 9.42. The summed E-state index contributed by atoms with van der Waals surface area (Å²) in [5.74, 6) is -0.586. The van der Waals surface area contributed by atoms with Crippen LogP contribution < -0.4 is 4.72 Å². The van der Waals surface area contributed by atoms with Crippen molar-refractivity contribution in [1.29, 1.82) is 0 Å². The molecule has 2 aromatic rings. The van der Waals surface area contributed by atoms with E-state index < -0.39 is 16.0 Å². The molecule has 1 aromatic heterocycles. The number of thiophene rings is 1. The van der Waals surface area contributed by atoms with Crippen LogP contribution in [-0.4, -0.2) is 39.5 Å². The Labute approximate surface area is 170 Å². The van der Waals surface area contributed by atoms with E-state index in [1.807, 2.05) is 0 Å². The topological polar surface area (TPSA) is 75.7 Å². The molecule has 0 saturated heterocycles. The molecular weight excluding hydrogens is 396 g/mol. The van der Waals surface area contributed by atoms with Gasteiger partial charge < -0.3 is 4.74 Å². The van der Waals surface area contributed by atoms with Crippen molar-refractivity contribution in [2.24, 2.45) is 0 Å². The Morgan fingerprint density at radius 3 is 2.50 bits per heavy atom. The molecule has 0 saturated carbocycles. The predicted octanol–water partition coefficient (Wildman–Crippen LogP) is 2.95. The molecule has 152 valence electrons. The summed E-state index contributed by atoms with van der Waals surface area (Å²) in [6, 6.07) is 8.58. The first-order chi connectivity index (χ1) is 13.4. The summed E-state index contributed by atoms with van der Waals surface area (Å²) in [5, 5.41) is 0. The van der Waals surface area contributed by atoms with E-state index in [4.69, 9.17) is 4.74 Å². The second-order valence-corrected chi connectivity index (χ2v) is 9.86. The molecule has 1 aliphatic rings. The number of sulfonamides is 1. The molecule has 1 N–H and O–H groups in total. The third-order valence-electron chi connectivity index (χ3n) is 4.91. The van der Waals surface area contributed by atoms with Crippen LogP contribution in [0, 0.1) is 0 Å². The largest absolute Gasteiger partial charge is 0.465 e. The molecule has 6 nitrogen and oxygen atoms in total. The van der Waals surface area contributed by atoms with Crippen LogP contribution in [0.3, 0.4) is 0 Å². The zero-order chi connectivity index (χ0) is 20.3. The molecular formula is C20H26N2O4S2. The van der Waals surface area contributed by atoms with Crippen LogP contribution in [0.2, 0.25) is 0 Å². The molecule has 0 unspecified atom stereocenters. The number of fused-ring (bicyclic) bond motifs is 1. The van der Waals surface area contributed by atoms with Crippen molar-refractivity contribution in [3.63, 3.8) is 0 Å². The van der Waals surface area contributed by atoms with Crippen molar-refractivity contribution in [2.45, 2.75) is 44.0 Å². The summed E-state index contributed by atoms with van der Waals surface area (Å²) >= 11 is 1.18. The lowest BCUT2D eigenvalue weighted by Crippen LogP contribution is -2.30. The molecule has 2 heterocycles. The number of ether oxygens (including phenoxy) is 1. The number of nitrogens with zero attached hydrogens (tertiary/aromatic N) is 1. The van der Waals surface area contributed by atoms with Gasteiger partial charge in [0.25, 0.3) is 10.0 Å². The molecule has 0 spiro atoms. The number of nitrogens with one attached hydrogen (secondary N) is 1. The van der Waals surface area contributed by atoms with Gasteiger partial charge in [-0.05, 0) is 29.5 Å². The van der Waals surface area contributed by atoms with Gasteiger partial charge in [-0.15, -0.1) is 11.3 Å². The van der Waals surface area contributed by atoms with E-state index >= 15 is 0 Å². The lowest BCUT2D eigenvalue weighted by molar-refractivity contribution is 0.0595. The van der Waals surface area contributed by atoms with Crippen LogP contribution in [0.5, 0.6) is 0 Å². The predicted molar refractivity (Wildman–Crippen MR) is 110 cm³/mol. The highest BCUT2D eigenvalue weighted by molar-refractivity contribution is 7.91. The number of carbonyl (C=O) groups excluding carboxylic acids is 1. The first-order valence-corrected chi connectivity index (χ1v) is 11.7. The zero-order valence-corrected chi connectivity index (χ0v) is 18.1. The number of carbonyl (C=O) groups is 1. The van der Waals surface area contributed by atoms with Gasteiger partial charge in [0.1, 0.15) is 4.21 Å². The maximum Gasteiger partial charge on any atom is 0.340 e. The normalized spacial score (nSPS) is 14.7. The Morgan fingerprint density at radius 1 is 1.21 bits per heavy atom. The molecule has 0 atom stereocenters. The van der Waals surface area contributed by atoms with Gasteiger partial charge in [0, 0.05) is 31.1 Å². The Balaban J connectivity index is 1.88. The van der Waals surface area contributed by atoms with Gasteiger partial charge >= 0.3 is 5.97 Å². The van der Waals surface area contributed by atoms with Crippen molar-refractivity contribution >= 4 is 27.3 Å². The molecule has 28 heavy (non-hydrogen) atoms. The highest BCUT2D eigenvalue weighted by Crippen LogP contribution is 2.36. The number of hydrogen-bond acceptors (Lipinski definition) is 6. The van der Waals surface area contributed by atoms with Crippen molar-refractivity contribution < 1.29 is 17.9 Å². The lowest BCUT2D eigenvalue weighted by atomic mass is 10.0. The van der Waals surface area contributed by atoms with Crippen molar-refractivity contribution in [3.8, 4) is 0 Å². The minimum atomic E-state index is -3.73. The average molecular weight is 423 g/mol. The van der Waals surface area contributed by atoms with E-state index in [1.165, 1.54) is 29.6 Å². The Morgan fingerprint density at radius 2 is 1.89 bits per heavy atom. The minimum Gasteiger partial charge on any atom is -0.465 e. The second kappa shape index (κ2) is 8.73. The van der Waals surface area contributed by atoms with Crippen molar-refractivity contribution in [3.05, 3.63) is 51.4 Å². The van der Waals surface area contributed by atoms with Crippen molar-refractivity contribution in [1.82, 2.24) is 9.62 Å². The quantitative estimate of drug-likeness (QED) is 0.695. The van der Waals surface area contributed by atoms with Crippen LogP contribution >= 0.6 is 11.3 Å². The smallest absolute Gasteiger partial charge is 0.340 e. The van der Waals surface area contributed by atoms with Crippen LogP contribution in [0.4, 0.5) is 0 Å². The number of methoxy groups -OCH3 is 1. The number of hydrogen-bond donors (Lipinski definition) is 1. The third kappa shape index (κ3) is 4.30. The van der Waals surface area contributed by atoms with Gasteiger partial charge in [0.15, 0.2) is 0 Å². The van der Waals surface area contributed by atoms with Crippen LogP contribution in [0.15, 0.2) is 28.5 Å². The maximum atomic E-state index is 12.6. The Bertz CT molecular complexity index is 949. The molecule has 0 aliphatic carbocycles. The van der Waals surface area contributed by atoms with Gasteiger partial charge in [-0.3, -0.25) is 4.90 Å². The number of rotatable bonds is 7. The van der Waals surface area contributed by atoms with Crippen molar-refractivity contribution in [2.75, 3.05) is 20.2 Å². The first kappa shape index (κ1) is 21.0. The standard InChI is InChI=1S/C20H26N2O4S2/c1-4-14-6-8-15(9-7-14)12-22-11-10-16-17(13-22)27-20(18(16)19(23)26-3)28(24,25)21-5-2/h6-9,21H,4-5,10-13H2,1-3H3. The fraction of sp³-hybridized carbons (Fsp3) is 0.450. The summed E-state index contributed by atoms with van der Waals surface area (Å²) in [6.07, 6.45) is 1.65. The highest BCUT2D eigenvalue weighted by atomic mass is 32.2. The molecule has 0 bridgehead atoms. The van der Waals surface area contributed by atoms with Crippen LogP contribution in [0.1, 0.15) is 45.8 Å². The van der Waals surface area contributed by atoms with Gasteiger partial charge in [0.2, 0.25) is 0 Å². The number of benzene rings is 1. The third-order valence-corrected chi connectivity index (χ3v) is 8.19. The van der Waals surface area contributed by atoms with E-state index in [1.54, 1.807) is 6.92 Å². The molecule has 0 fully saturated rings. The fourth-order valence-corrected chi connectivity index (χ4v) is 6.47. The van der Waals surface area contributed by atoms with Gasteiger partial charge in [-0.2, -0.15) is 0 Å². The van der Waals surface area contributed by atoms with E-state index in [2.05, 4.69) is 40.8 Å². The SMILES string of the molecule is CCNS(=O)(=O)c1sc2c(c1C(=O)OC)CCN(Cc1ccc(CC)cc1)C2. The van der Waals surface area contributed by atoms with E-state index in [0.717, 1.165) is 30.0 Å². The zero-order valence-electron chi connectivity index (χ0n) is 16.4. The number of esters is 1. The molecule has 0 radical (unpaired) electrons. The van der Waals surface area contributed by atoms with E-state index in [9.17, 15) is 13.2 Å². The van der Waals surface area contributed by atoms with Gasteiger partial charge in [0.05, 0.1) is 12.7 Å². The van der Waals surface area contributed by atoms with Gasteiger partial charge in [-0.1, -0.05) is 38.1 Å². The monoisotopic (exact) mass is 422 g/mol. The molecule has 1 aliphatic heterocycles. The van der Waals surface area contributed by atoms with Crippen LogP contribution in [-0.2, 0) is 40.7 Å². The molecule has 3 rings (SSSR count). The summed E-state index contributed by atoms with van der Waals surface area (Å²) in [7, 11) is -2.44. The molecule has 0 amide bonds. The fourth-order valence-electron chi connectivity index (χ4n) is 3.46. The Hall–Kier alpha value is -1.74. The molecule has 1 aromatic carbocycles. The summed E-state index contributed by atoms with van der Waals surface area (Å²) < 4.78 is 32.6.